The highest BCUT2D eigenvalue weighted by Crippen LogP contribution is 2.17. The number of hydrogen-bond acceptors (Lipinski definition) is 3. The van der Waals surface area contributed by atoms with E-state index in [1.807, 2.05) is 26.0 Å². The topological polar surface area (TPSA) is 59.6 Å². The molecule has 0 heterocycles. The van der Waals surface area contributed by atoms with Crippen molar-refractivity contribution in [2.45, 2.75) is 25.8 Å². The van der Waals surface area contributed by atoms with Gasteiger partial charge in [-0.05, 0) is 37.6 Å². The van der Waals surface area contributed by atoms with E-state index in [-0.39, 0.29) is 0 Å². The molecule has 1 atom stereocenters. The van der Waals surface area contributed by atoms with Crippen LogP contribution in [0, 0.1) is 22.7 Å². The zero-order valence-electron chi connectivity index (χ0n) is 8.91. The smallest absolute Gasteiger partial charge is 0.122 e. The molecule has 1 aromatic rings. The van der Waals surface area contributed by atoms with Crippen molar-refractivity contribution >= 4 is 5.69 Å². The molecule has 0 saturated carbocycles. The Kier molecular flexibility index (Phi) is 3.31. The van der Waals surface area contributed by atoms with Gasteiger partial charge in [0.1, 0.15) is 5.54 Å². The fourth-order valence-electron chi connectivity index (χ4n) is 1.14. The molecule has 0 amide bonds. The summed E-state index contributed by atoms with van der Waals surface area (Å²) in [5.74, 6) is 0. The molecule has 0 bridgehead atoms. The summed E-state index contributed by atoms with van der Waals surface area (Å²) in [7, 11) is 0. The van der Waals surface area contributed by atoms with E-state index in [0.717, 1.165) is 12.1 Å². The molecule has 0 aliphatic rings. The second-order valence-corrected chi connectivity index (χ2v) is 3.61. The minimum Gasteiger partial charge on any atom is -0.368 e. The molecule has 3 nitrogen and oxygen atoms in total. The average Bonchev–Trinajstić information content (AvgIpc) is 2.30. The number of hydrogen-bond donors (Lipinski definition) is 1. The summed E-state index contributed by atoms with van der Waals surface area (Å²) in [6, 6.07) is 11.4. The average molecular weight is 199 g/mol. The predicted octanol–water partition coefficient (Wildman–Crippen LogP) is 2.66. The fourth-order valence-corrected chi connectivity index (χ4v) is 1.14. The van der Waals surface area contributed by atoms with Crippen LogP contribution in [0.15, 0.2) is 24.3 Å². The fraction of sp³-hybridized carbons (Fsp3) is 0.333. The Morgan fingerprint density at radius 2 is 1.87 bits per heavy atom. The largest absolute Gasteiger partial charge is 0.368 e. The first-order chi connectivity index (χ1) is 7.13. The van der Waals surface area contributed by atoms with Gasteiger partial charge in [0.2, 0.25) is 0 Å². The first-order valence-corrected chi connectivity index (χ1v) is 4.83. The Balaban J connectivity index is 2.83. The number of benzene rings is 1. The van der Waals surface area contributed by atoms with E-state index in [9.17, 15) is 0 Å². The van der Waals surface area contributed by atoms with E-state index >= 15 is 0 Å². The second-order valence-electron chi connectivity index (χ2n) is 3.61. The quantitative estimate of drug-likeness (QED) is 0.814. The Labute approximate surface area is 90.0 Å². The molecule has 1 N–H and O–H groups in total. The van der Waals surface area contributed by atoms with Crippen LogP contribution in [-0.4, -0.2) is 5.54 Å². The summed E-state index contributed by atoms with van der Waals surface area (Å²) in [6.45, 7) is 3.81. The molecular formula is C12H13N3. The summed E-state index contributed by atoms with van der Waals surface area (Å²) in [4.78, 5) is 0. The van der Waals surface area contributed by atoms with Gasteiger partial charge >= 0.3 is 0 Å². The van der Waals surface area contributed by atoms with E-state index in [4.69, 9.17) is 10.5 Å². The lowest BCUT2D eigenvalue weighted by Gasteiger charge is -2.22. The zero-order valence-corrected chi connectivity index (χ0v) is 8.91. The highest BCUT2D eigenvalue weighted by Gasteiger charge is 2.20. The van der Waals surface area contributed by atoms with E-state index in [2.05, 4.69) is 17.5 Å². The molecule has 15 heavy (non-hydrogen) atoms. The van der Waals surface area contributed by atoms with Crippen molar-refractivity contribution in [2.75, 3.05) is 5.32 Å². The first-order valence-electron chi connectivity index (χ1n) is 4.83. The monoisotopic (exact) mass is 199 g/mol. The SMILES string of the molecule is CCC(C)(C#N)Nc1ccc(C#N)cc1. The molecule has 1 rings (SSSR count). The van der Waals surface area contributed by atoms with Gasteiger partial charge in [0.05, 0.1) is 17.7 Å². The van der Waals surface area contributed by atoms with Crippen LogP contribution >= 0.6 is 0 Å². The van der Waals surface area contributed by atoms with Gasteiger partial charge in [0, 0.05) is 5.69 Å². The van der Waals surface area contributed by atoms with Crippen molar-refractivity contribution in [3.05, 3.63) is 29.8 Å². The van der Waals surface area contributed by atoms with E-state index in [1.54, 1.807) is 12.1 Å². The Morgan fingerprint density at radius 1 is 1.27 bits per heavy atom. The van der Waals surface area contributed by atoms with Crippen LogP contribution in [0.3, 0.4) is 0 Å². The normalized spacial score (nSPS) is 13.3. The van der Waals surface area contributed by atoms with Crippen LogP contribution in [0.2, 0.25) is 0 Å². The number of nitrogens with zero attached hydrogens (tertiary/aromatic N) is 2. The van der Waals surface area contributed by atoms with Crippen molar-refractivity contribution in [3.63, 3.8) is 0 Å². The maximum absolute atomic E-state index is 8.98. The van der Waals surface area contributed by atoms with Crippen molar-refractivity contribution < 1.29 is 0 Å². The van der Waals surface area contributed by atoms with Gasteiger partial charge in [-0.3, -0.25) is 0 Å². The molecule has 0 aliphatic heterocycles. The number of nitrogens with one attached hydrogen (secondary N) is 1. The number of anilines is 1. The maximum atomic E-state index is 8.98. The third kappa shape index (κ3) is 2.72. The molecule has 0 spiro atoms. The van der Waals surface area contributed by atoms with Crippen molar-refractivity contribution in [2.24, 2.45) is 0 Å². The summed E-state index contributed by atoms with van der Waals surface area (Å²) in [5, 5.41) is 20.7. The third-order valence-corrected chi connectivity index (χ3v) is 2.39. The standard InChI is InChI=1S/C12H13N3/c1-3-12(2,9-14)15-11-6-4-10(8-13)5-7-11/h4-7,15H,3H2,1-2H3. The van der Waals surface area contributed by atoms with Gasteiger partial charge in [0.15, 0.2) is 0 Å². The van der Waals surface area contributed by atoms with Crippen LogP contribution in [-0.2, 0) is 0 Å². The second kappa shape index (κ2) is 4.48. The zero-order chi connectivity index (χ0) is 11.3. The van der Waals surface area contributed by atoms with Crippen molar-refractivity contribution in [1.29, 1.82) is 10.5 Å². The van der Waals surface area contributed by atoms with Gasteiger partial charge in [-0.25, -0.2) is 0 Å². The molecule has 0 saturated heterocycles. The number of rotatable bonds is 3. The Hall–Kier alpha value is -2.00. The minimum atomic E-state index is -0.547. The Morgan fingerprint density at radius 3 is 2.27 bits per heavy atom. The lowest BCUT2D eigenvalue weighted by Crippen LogP contribution is -2.31. The first kappa shape index (κ1) is 11.1. The highest BCUT2D eigenvalue weighted by atomic mass is 15.0. The molecule has 3 heteroatoms. The van der Waals surface area contributed by atoms with Crippen LogP contribution in [0.5, 0.6) is 0 Å². The summed E-state index contributed by atoms with van der Waals surface area (Å²) in [5.41, 5.74) is 0.935. The van der Waals surface area contributed by atoms with Gasteiger partial charge < -0.3 is 5.32 Å². The minimum absolute atomic E-state index is 0.547. The van der Waals surface area contributed by atoms with Gasteiger partial charge in [-0.1, -0.05) is 6.92 Å². The van der Waals surface area contributed by atoms with E-state index in [0.29, 0.717) is 5.56 Å². The Bertz CT molecular complexity index is 408. The van der Waals surface area contributed by atoms with E-state index < -0.39 is 5.54 Å². The molecular weight excluding hydrogens is 186 g/mol. The van der Waals surface area contributed by atoms with Gasteiger partial charge in [-0.15, -0.1) is 0 Å². The van der Waals surface area contributed by atoms with Crippen molar-refractivity contribution in [3.8, 4) is 12.1 Å². The molecule has 0 aromatic heterocycles. The van der Waals surface area contributed by atoms with Crippen molar-refractivity contribution in [1.82, 2.24) is 0 Å². The van der Waals surface area contributed by atoms with Crippen LogP contribution in [0.25, 0.3) is 0 Å². The summed E-state index contributed by atoms with van der Waals surface area (Å²) < 4.78 is 0. The highest BCUT2D eigenvalue weighted by molar-refractivity contribution is 5.50. The molecule has 0 fully saturated rings. The van der Waals surface area contributed by atoms with Crippen LogP contribution in [0.4, 0.5) is 5.69 Å². The molecule has 0 radical (unpaired) electrons. The lowest BCUT2D eigenvalue weighted by molar-refractivity contribution is 0.626. The van der Waals surface area contributed by atoms with Crippen LogP contribution in [0.1, 0.15) is 25.8 Å². The molecule has 0 aliphatic carbocycles. The van der Waals surface area contributed by atoms with Crippen LogP contribution < -0.4 is 5.32 Å². The summed E-state index contributed by atoms with van der Waals surface area (Å²) in [6.07, 6.45) is 0.726. The number of nitriles is 2. The van der Waals surface area contributed by atoms with Gasteiger partial charge in [-0.2, -0.15) is 10.5 Å². The maximum Gasteiger partial charge on any atom is 0.122 e. The molecule has 1 unspecified atom stereocenters. The third-order valence-electron chi connectivity index (χ3n) is 2.39. The van der Waals surface area contributed by atoms with Gasteiger partial charge in [0.25, 0.3) is 0 Å². The molecule has 76 valence electrons. The predicted molar refractivity (Wildman–Crippen MR) is 59.1 cm³/mol. The molecule has 1 aromatic carbocycles. The lowest BCUT2D eigenvalue weighted by atomic mass is 10.0. The van der Waals surface area contributed by atoms with E-state index in [1.165, 1.54) is 0 Å². The summed E-state index contributed by atoms with van der Waals surface area (Å²) >= 11 is 0.